The van der Waals surface area contributed by atoms with E-state index < -0.39 is 0 Å². The minimum absolute atomic E-state index is 0.651. The fourth-order valence-corrected chi connectivity index (χ4v) is 2.03. The van der Waals surface area contributed by atoms with Crippen molar-refractivity contribution in [3.8, 4) is 0 Å². The van der Waals surface area contributed by atoms with E-state index in [1.165, 1.54) is 12.8 Å². The molecule has 0 unspecified atom stereocenters. The molecule has 0 aromatic rings. The van der Waals surface area contributed by atoms with E-state index in [0.29, 0.717) is 19.8 Å². The molecule has 106 valence electrons. The van der Waals surface area contributed by atoms with Crippen molar-refractivity contribution in [3.63, 3.8) is 0 Å². The number of nitrogens with zero attached hydrogens (tertiary/aromatic N) is 2. The third-order valence-corrected chi connectivity index (χ3v) is 3.26. The Kier molecular flexibility index (Phi) is 7.76. The van der Waals surface area contributed by atoms with E-state index in [9.17, 15) is 0 Å². The first-order valence-corrected chi connectivity index (χ1v) is 6.80. The molecular formula is C13H27N3O2. The van der Waals surface area contributed by atoms with Crippen LogP contribution in [0.25, 0.3) is 0 Å². The van der Waals surface area contributed by atoms with Crippen LogP contribution < -0.4 is 5.32 Å². The molecule has 1 aliphatic heterocycles. The van der Waals surface area contributed by atoms with Crippen molar-refractivity contribution in [1.29, 1.82) is 0 Å². The number of hydrogen-bond donors (Lipinski definition) is 1. The Balaban J connectivity index is 2.14. The molecular weight excluding hydrogens is 230 g/mol. The Bertz CT molecular complexity index is 238. The fourth-order valence-electron chi connectivity index (χ4n) is 2.03. The number of nitrogens with one attached hydrogen (secondary N) is 1. The number of likely N-dealkylation sites (tertiary alicyclic amines) is 1. The van der Waals surface area contributed by atoms with Gasteiger partial charge in [-0.25, -0.2) is 0 Å². The maximum atomic E-state index is 5.41. The van der Waals surface area contributed by atoms with Gasteiger partial charge in [0.2, 0.25) is 0 Å². The molecule has 1 aliphatic rings. The second-order valence-electron chi connectivity index (χ2n) is 4.75. The highest BCUT2D eigenvalue weighted by Gasteiger charge is 2.17. The second kappa shape index (κ2) is 9.16. The minimum Gasteiger partial charge on any atom is -0.382 e. The van der Waals surface area contributed by atoms with Crippen LogP contribution in [-0.2, 0) is 9.47 Å². The maximum Gasteiger partial charge on any atom is 0.193 e. The van der Waals surface area contributed by atoms with Crippen molar-refractivity contribution < 1.29 is 9.47 Å². The predicted octanol–water partition coefficient (Wildman–Crippen LogP) is 0.957. The third kappa shape index (κ3) is 5.69. The van der Waals surface area contributed by atoms with Gasteiger partial charge in [0, 0.05) is 33.8 Å². The van der Waals surface area contributed by atoms with Crippen LogP contribution in [-0.4, -0.2) is 64.5 Å². The van der Waals surface area contributed by atoms with Crippen LogP contribution in [0.3, 0.4) is 0 Å². The lowest BCUT2D eigenvalue weighted by molar-refractivity contribution is 0.0730. The van der Waals surface area contributed by atoms with Crippen LogP contribution in [0.5, 0.6) is 0 Å². The Morgan fingerprint density at radius 2 is 2.00 bits per heavy atom. The van der Waals surface area contributed by atoms with E-state index in [4.69, 9.17) is 9.47 Å². The SMILES string of the molecule is CN=C(NCCOCCOC)N1CCC(C)CC1. The summed E-state index contributed by atoms with van der Waals surface area (Å²) in [5, 5.41) is 3.34. The number of hydrogen-bond acceptors (Lipinski definition) is 3. The maximum absolute atomic E-state index is 5.41. The van der Waals surface area contributed by atoms with Gasteiger partial charge in [-0.15, -0.1) is 0 Å². The number of ether oxygens (including phenoxy) is 2. The van der Waals surface area contributed by atoms with Gasteiger partial charge in [0.1, 0.15) is 0 Å². The van der Waals surface area contributed by atoms with Crippen molar-refractivity contribution in [2.75, 3.05) is 53.6 Å². The fraction of sp³-hybridized carbons (Fsp3) is 0.923. The standard InChI is InChI=1S/C13H27N3O2/c1-12-4-7-16(8-5-12)13(14-2)15-6-9-18-11-10-17-3/h12H,4-11H2,1-3H3,(H,14,15). The molecule has 0 atom stereocenters. The van der Waals surface area contributed by atoms with E-state index in [1.807, 2.05) is 7.05 Å². The number of rotatable bonds is 6. The van der Waals surface area contributed by atoms with E-state index >= 15 is 0 Å². The zero-order valence-electron chi connectivity index (χ0n) is 11.9. The highest BCUT2D eigenvalue weighted by molar-refractivity contribution is 5.79. The third-order valence-electron chi connectivity index (χ3n) is 3.26. The summed E-state index contributed by atoms with van der Waals surface area (Å²) in [6, 6.07) is 0. The smallest absolute Gasteiger partial charge is 0.193 e. The van der Waals surface area contributed by atoms with Gasteiger partial charge in [-0.3, -0.25) is 4.99 Å². The summed E-state index contributed by atoms with van der Waals surface area (Å²) in [6.45, 7) is 7.31. The van der Waals surface area contributed by atoms with E-state index in [-0.39, 0.29) is 0 Å². The monoisotopic (exact) mass is 257 g/mol. The Morgan fingerprint density at radius 1 is 1.28 bits per heavy atom. The van der Waals surface area contributed by atoms with Gasteiger partial charge in [0.05, 0.1) is 19.8 Å². The zero-order valence-corrected chi connectivity index (χ0v) is 11.9. The predicted molar refractivity (Wildman–Crippen MR) is 74.0 cm³/mol. The van der Waals surface area contributed by atoms with Crippen LogP contribution >= 0.6 is 0 Å². The van der Waals surface area contributed by atoms with Gasteiger partial charge in [0.25, 0.3) is 0 Å². The summed E-state index contributed by atoms with van der Waals surface area (Å²) in [5.41, 5.74) is 0. The van der Waals surface area contributed by atoms with Gasteiger partial charge in [0.15, 0.2) is 5.96 Å². The number of guanidine groups is 1. The molecule has 0 aliphatic carbocycles. The summed E-state index contributed by atoms with van der Waals surface area (Å²) in [7, 11) is 3.52. The van der Waals surface area contributed by atoms with Crippen molar-refractivity contribution in [3.05, 3.63) is 0 Å². The lowest BCUT2D eigenvalue weighted by Gasteiger charge is -2.32. The van der Waals surface area contributed by atoms with Crippen molar-refractivity contribution in [2.24, 2.45) is 10.9 Å². The highest BCUT2D eigenvalue weighted by Crippen LogP contribution is 2.15. The lowest BCUT2D eigenvalue weighted by atomic mass is 10.00. The summed E-state index contributed by atoms with van der Waals surface area (Å²) in [4.78, 5) is 6.65. The molecule has 18 heavy (non-hydrogen) atoms. The molecule has 0 spiro atoms. The average Bonchev–Trinajstić information content (AvgIpc) is 2.39. The summed E-state index contributed by atoms with van der Waals surface area (Å²) in [6.07, 6.45) is 2.51. The first-order valence-electron chi connectivity index (χ1n) is 6.80. The van der Waals surface area contributed by atoms with Gasteiger partial charge >= 0.3 is 0 Å². The quantitative estimate of drug-likeness (QED) is 0.437. The highest BCUT2D eigenvalue weighted by atomic mass is 16.5. The average molecular weight is 257 g/mol. The first kappa shape index (κ1) is 15.2. The van der Waals surface area contributed by atoms with Crippen LogP contribution in [0.1, 0.15) is 19.8 Å². The van der Waals surface area contributed by atoms with Crippen LogP contribution in [0.2, 0.25) is 0 Å². The summed E-state index contributed by atoms with van der Waals surface area (Å²) < 4.78 is 10.3. The molecule has 0 saturated carbocycles. The number of piperidine rings is 1. The van der Waals surface area contributed by atoms with Gasteiger partial charge in [-0.05, 0) is 18.8 Å². The Labute approximate surface area is 111 Å². The second-order valence-corrected chi connectivity index (χ2v) is 4.75. The zero-order chi connectivity index (χ0) is 13.2. The van der Waals surface area contributed by atoms with Crippen molar-refractivity contribution in [1.82, 2.24) is 10.2 Å². The molecule has 1 N–H and O–H groups in total. The van der Waals surface area contributed by atoms with E-state index in [1.54, 1.807) is 7.11 Å². The Morgan fingerprint density at radius 3 is 2.61 bits per heavy atom. The summed E-state index contributed by atoms with van der Waals surface area (Å²) >= 11 is 0. The largest absolute Gasteiger partial charge is 0.382 e. The lowest BCUT2D eigenvalue weighted by Crippen LogP contribution is -2.46. The van der Waals surface area contributed by atoms with Gasteiger partial charge in [-0.1, -0.05) is 6.92 Å². The normalized spacial score (nSPS) is 18.2. The van der Waals surface area contributed by atoms with Gasteiger partial charge < -0.3 is 19.7 Å². The van der Waals surface area contributed by atoms with Gasteiger partial charge in [-0.2, -0.15) is 0 Å². The van der Waals surface area contributed by atoms with E-state index in [2.05, 4.69) is 22.1 Å². The van der Waals surface area contributed by atoms with Crippen LogP contribution in [0.15, 0.2) is 4.99 Å². The van der Waals surface area contributed by atoms with Crippen LogP contribution in [0.4, 0.5) is 0 Å². The van der Waals surface area contributed by atoms with Crippen molar-refractivity contribution >= 4 is 5.96 Å². The molecule has 0 aromatic heterocycles. The molecule has 0 aromatic carbocycles. The number of methoxy groups -OCH3 is 1. The molecule has 1 saturated heterocycles. The molecule has 0 bridgehead atoms. The van der Waals surface area contributed by atoms with Crippen molar-refractivity contribution in [2.45, 2.75) is 19.8 Å². The molecule has 0 amide bonds. The molecule has 5 heteroatoms. The summed E-state index contributed by atoms with van der Waals surface area (Å²) in [5.74, 6) is 1.84. The Hall–Kier alpha value is -0.810. The first-order chi connectivity index (χ1) is 8.77. The minimum atomic E-state index is 0.651. The molecule has 0 radical (unpaired) electrons. The molecule has 1 rings (SSSR count). The molecule has 5 nitrogen and oxygen atoms in total. The topological polar surface area (TPSA) is 46.1 Å². The number of aliphatic imine (C=N–C) groups is 1. The van der Waals surface area contributed by atoms with E-state index in [0.717, 1.165) is 31.5 Å². The molecule has 1 heterocycles. The molecule has 1 fully saturated rings. The van der Waals surface area contributed by atoms with Crippen LogP contribution in [0, 0.1) is 5.92 Å².